The summed E-state index contributed by atoms with van der Waals surface area (Å²) in [6, 6.07) is 10.5. The topological polar surface area (TPSA) is 53.5 Å². The van der Waals surface area contributed by atoms with E-state index in [1.165, 1.54) is 0 Å². The maximum atomic E-state index is 12.8. The number of nitrogens with zero attached hydrogens (tertiary/aromatic N) is 3. The van der Waals surface area contributed by atoms with Gasteiger partial charge in [-0.3, -0.25) is 9.59 Å². The number of hydrogen-bond donors (Lipinski definition) is 0. The number of rotatable bonds is 5. The fourth-order valence-electron chi connectivity index (χ4n) is 3.54. The van der Waals surface area contributed by atoms with E-state index in [0.29, 0.717) is 32.0 Å². The first-order chi connectivity index (χ1) is 12.6. The molecule has 4 rings (SSSR count). The normalized spacial score (nSPS) is 20.3. The highest BCUT2D eigenvalue weighted by Crippen LogP contribution is 2.32. The zero-order valence-corrected chi connectivity index (χ0v) is 15.7. The number of carbonyl (C=O) groups excluding carboxylic acids is 2. The molecule has 1 aromatic carbocycles. The minimum Gasteiger partial charge on any atom is -0.340 e. The van der Waals surface area contributed by atoms with Gasteiger partial charge in [0.25, 0.3) is 0 Å². The summed E-state index contributed by atoms with van der Waals surface area (Å²) in [5.41, 5.74) is 2.01. The summed E-state index contributed by atoms with van der Waals surface area (Å²) in [5, 5.41) is 3.00. The number of carbonyl (C=O) groups is 2. The number of aromatic nitrogens is 1. The van der Waals surface area contributed by atoms with Gasteiger partial charge in [-0.15, -0.1) is 11.3 Å². The van der Waals surface area contributed by atoms with Crippen molar-refractivity contribution in [1.29, 1.82) is 0 Å². The summed E-state index contributed by atoms with van der Waals surface area (Å²) in [6.45, 7) is 1.09. The van der Waals surface area contributed by atoms with Crippen molar-refractivity contribution in [3.8, 4) is 10.6 Å². The molecule has 5 nitrogen and oxygen atoms in total. The van der Waals surface area contributed by atoms with Crippen molar-refractivity contribution in [2.24, 2.45) is 5.92 Å². The molecule has 0 spiro atoms. The van der Waals surface area contributed by atoms with E-state index in [0.717, 1.165) is 29.1 Å². The molecular formula is C20H23N3O2S. The zero-order chi connectivity index (χ0) is 18.1. The zero-order valence-electron chi connectivity index (χ0n) is 14.9. The van der Waals surface area contributed by atoms with E-state index in [9.17, 15) is 9.59 Å². The third kappa shape index (κ3) is 3.65. The molecule has 2 fully saturated rings. The third-order valence-corrected chi connectivity index (χ3v) is 6.07. The molecule has 1 saturated heterocycles. The lowest BCUT2D eigenvalue weighted by molar-refractivity contribution is -0.143. The van der Waals surface area contributed by atoms with Gasteiger partial charge in [0.2, 0.25) is 11.8 Å². The first-order valence-electron chi connectivity index (χ1n) is 9.16. The average Bonchev–Trinajstić information content (AvgIpc) is 3.41. The van der Waals surface area contributed by atoms with Crippen LogP contribution < -0.4 is 0 Å². The SMILES string of the molecule is CN(Cc1csc(-c2ccccc2)n1)C(=O)[C@@H]1CCC(=O)N(C2CC2)C1. The van der Waals surface area contributed by atoms with Crippen LogP contribution in [0.5, 0.6) is 0 Å². The maximum Gasteiger partial charge on any atom is 0.227 e. The molecule has 1 aromatic heterocycles. The first kappa shape index (κ1) is 17.2. The quantitative estimate of drug-likeness (QED) is 0.813. The predicted molar refractivity (Wildman–Crippen MR) is 101 cm³/mol. The number of benzene rings is 1. The molecule has 2 amide bonds. The second-order valence-corrected chi connectivity index (χ2v) is 8.08. The fourth-order valence-corrected chi connectivity index (χ4v) is 4.35. The number of thiazole rings is 1. The summed E-state index contributed by atoms with van der Waals surface area (Å²) in [7, 11) is 1.84. The van der Waals surface area contributed by atoms with Gasteiger partial charge in [0.15, 0.2) is 0 Å². The Kier molecular flexibility index (Phi) is 4.76. The van der Waals surface area contributed by atoms with Crippen LogP contribution in [0, 0.1) is 5.92 Å². The fraction of sp³-hybridized carbons (Fsp3) is 0.450. The van der Waals surface area contributed by atoms with Crippen LogP contribution in [0.3, 0.4) is 0 Å². The van der Waals surface area contributed by atoms with Crippen molar-refractivity contribution in [2.45, 2.75) is 38.3 Å². The molecule has 1 atom stereocenters. The van der Waals surface area contributed by atoms with Crippen molar-refractivity contribution < 1.29 is 9.59 Å². The van der Waals surface area contributed by atoms with Crippen molar-refractivity contribution in [2.75, 3.05) is 13.6 Å². The smallest absolute Gasteiger partial charge is 0.227 e. The molecule has 2 heterocycles. The summed E-state index contributed by atoms with van der Waals surface area (Å²) >= 11 is 1.60. The van der Waals surface area contributed by atoms with Gasteiger partial charge < -0.3 is 9.80 Å². The second kappa shape index (κ2) is 7.19. The van der Waals surface area contributed by atoms with Gasteiger partial charge in [-0.2, -0.15) is 0 Å². The summed E-state index contributed by atoms with van der Waals surface area (Å²) < 4.78 is 0. The minimum absolute atomic E-state index is 0.0782. The molecule has 6 heteroatoms. The van der Waals surface area contributed by atoms with Gasteiger partial charge in [-0.1, -0.05) is 30.3 Å². The van der Waals surface area contributed by atoms with E-state index in [-0.39, 0.29) is 17.7 Å². The standard InChI is InChI=1S/C20H23N3O2S/c1-22(12-16-13-26-19(21-16)14-5-3-2-4-6-14)20(25)15-7-10-18(24)23(11-15)17-8-9-17/h2-6,13,15,17H,7-12H2,1H3/t15-/m1/s1. The molecule has 0 unspecified atom stereocenters. The van der Waals surface area contributed by atoms with E-state index >= 15 is 0 Å². The van der Waals surface area contributed by atoms with Crippen LogP contribution in [0.25, 0.3) is 10.6 Å². The lowest BCUT2D eigenvalue weighted by Gasteiger charge is -2.33. The van der Waals surface area contributed by atoms with Crippen LogP contribution in [-0.4, -0.2) is 46.2 Å². The van der Waals surface area contributed by atoms with E-state index in [4.69, 9.17) is 0 Å². The van der Waals surface area contributed by atoms with Crippen molar-refractivity contribution in [1.82, 2.24) is 14.8 Å². The number of likely N-dealkylation sites (tertiary alicyclic amines) is 1. The second-order valence-electron chi connectivity index (χ2n) is 7.22. The Balaban J connectivity index is 1.38. The van der Waals surface area contributed by atoms with Crippen LogP contribution in [0.1, 0.15) is 31.4 Å². The summed E-state index contributed by atoms with van der Waals surface area (Å²) in [6.07, 6.45) is 3.33. The Morgan fingerprint density at radius 1 is 1.27 bits per heavy atom. The van der Waals surface area contributed by atoms with Crippen LogP contribution in [-0.2, 0) is 16.1 Å². The Morgan fingerprint density at radius 3 is 2.77 bits per heavy atom. The predicted octanol–water partition coefficient (Wildman–Crippen LogP) is 3.17. The highest BCUT2D eigenvalue weighted by atomic mass is 32.1. The third-order valence-electron chi connectivity index (χ3n) is 5.13. The van der Waals surface area contributed by atoms with Crippen LogP contribution in [0.2, 0.25) is 0 Å². The van der Waals surface area contributed by atoms with Gasteiger partial charge >= 0.3 is 0 Å². The molecular weight excluding hydrogens is 346 g/mol. The molecule has 136 valence electrons. The Morgan fingerprint density at radius 2 is 2.04 bits per heavy atom. The molecule has 1 aliphatic heterocycles. The van der Waals surface area contributed by atoms with Gasteiger partial charge in [0, 0.05) is 37.0 Å². The van der Waals surface area contributed by atoms with E-state index in [2.05, 4.69) is 4.98 Å². The number of piperidine rings is 1. The van der Waals surface area contributed by atoms with Crippen molar-refractivity contribution in [3.05, 3.63) is 41.4 Å². The van der Waals surface area contributed by atoms with Gasteiger partial charge in [0.1, 0.15) is 5.01 Å². The van der Waals surface area contributed by atoms with Crippen molar-refractivity contribution >= 4 is 23.2 Å². The highest BCUT2D eigenvalue weighted by molar-refractivity contribution is 7.13. The Bertz CT molecular complexity index is 800. The Hall–Kier alpha value is -2.21. The van der Waals surface area contributed by atoms with Crippen LogP contribution in [0.15, 0.2) is 35.7 Å². The van der Waals surface area contributed by atoms with E-state index in [1.54, 1.807) is 16.2 Å². The molecule has 2 aliphatic rings. The van der Waals surface area contributed by atoms with E-state index in [1.807, 2.05) is 47.7 Å². The largest absolute Gasteiger partial charge is 0.340 e. The average molecular weight is 369 g/mol. The first-order valence-corrected chi connectivity index (χ1v) is 10.0. The molecule has 1 saturated carbocycles. The van der Waals surface area contributed by atoms with Gasteiger partial charge in [-0.05, 0) is 19.3 Å². The van der Waals surface area contributed by atoms with Gasteiger partial charge in [0.05, 0.1) is 18.2 Å². The number of amides is 2. The molecule has 0 N–H and O–H groups in total. The van der Waals surface area contributed by atoms with Crippen LogP contribution >= 0.6 is 11.3 Å². The lowest BCUT2D eigenvalue weighted by atomic mass is 9.96. The molecule has 1 aliphatic carbocycles. The van der Waals surface area contributed by atoms with Gasteiger partial charge in [-0.25, -0.2) is 4.98 Å². The van der Waals surface area contributed by atoms with E-state index < -0.39 is 0 Å². The maximum absolute atomic E-state index is 12.8. The van der Waals surface area contributed by atoms with Crippen LogP contribution in [0.4, 0.5) is 0 Å². The Labute approximate surface area is 157 Å². The highest BCUT2D eigenvalue weighted by Gasteiger charge is 2.39. The molecule has 0 bridgehead atoms. The minimum atomic E-state index is -0.0782. The monoisotopic (exact) mass is 369 g/mol. The molecule has 26 heavy (non-hydrogen) atoms. The number of hydrogen-bond acceptors (Lipinski definition) is 4. The molecule has 2 aromatic rings. The molecule has 0 radical (unpaired) electrons. The summed E-state index contributed by atoms with van der Waals surface area (Å²) in [4.78, 5) is 33.2. The summed E-state index contributed by atoms with van der Waals surface area (Å²) in [5.74, 6) is 0.258. The lowest BCUT2D eigenvalue weighted by Crippen LogP contribution is -2.46. The van der Waals surface area contributed by atoms with Crippen molar-refractivity contribution in [3.63, 3.8) is 0 Å².